The lowest BCUT2D eigenvalue weighted by Gasteiger charge is -2.38. The average molecular weight is 393 g/mol. The molecule has 25 heavy (non-hydrogen) atoms. The quantitative estimate of drug-likeness (QED) is 0.589. The van der Waals surface area contributed by atoms with Crippen LogP contribution in [-0.4, -0.2) is 45.9 Å². The summed E-state index contributed by atoms with van der Waals surface area (Å²) in [6.07, 6.45) is 4.75. The molecular formula is C17H23ClF2N2O2S. The summed E-state index contributed by atoms with van der Waals surface area (Å²) in [5.74, 6) is -1.76. The second-order valence-corrected chi connectivity index (χ2v) is 8.14. The molecule has 2 atom stereocenters. The van der Waals surface area contributed by atoms with Crippen LogP contribution in [0.25, 0.3) is 0 Å². The zero-order valence-corrected chi connectivity index (χ0v) is 15.8. The van der Waals surface area contributed by atoms with Gasteiger partial charge < -0.3 is 14.4 Å². The number of hydrogen-bond donors (Lipinski definition) is 1. The third-order valence-corrected chi connectivity index (χ3v) is 6.47. The zero-order valence-electron chi connectivity index (χ0n) is 14.2. The second-order valence-electron chi connectivity index (χ2n) is 6.86. The second kappa shape index (κ2) is 7.86. The fourth-order valence-electron chi connectivity index (χ4n) is 3.78. The maximum atomic E-state index is 14.2. The molecule has 0 bridgehead atoms. The Morgan fingerprint density at radius 2 is 2.12 bits per heavy atom. The van der Waals surface area contributed by atoms with Crippen LogP contribution >= 0.6 is 11.6 Å². The third kappa shape index (κ3) is 3.84. The smallest absolute Gasteiger partial charge is 0.192 e. The van der Waals surface area contributed by atoms with Crippen molar-refractivity contribution in [2.75, 3.05) is 31.1 Å². The number of anilines is 1. The predicted octanol–water partition coefficient (Wildman–Crippen LogP) is 3.90. The van der Waals surface area contributed by atoms with Crippen LogP contribution in [0.5, 0.6) is 0 Å². The van der Waals surface area contributed by atoms with Crippen LogP contribution < -0.4 is 4.90 Å². The van der Waals surface area contributed by atoms with Gasteiger partial charge in [0.2, 0.25) is 0 Å². The van der Waals surface area contributed by atoms with Gasteiger partial charge >= 0.3 is 0 Å². The van der Waals surface area contributed by atoms with Gasteiger partial charge in [-0.15, -0.1) is 0 Å². The third-order valence-electron chi connectivity index (χ3n) is 5.39. The molecule has 3 rings (SSSR count). The number of nitrogens with zero attached hydrogens (tertiary/aromatic N) is 2. The minimum absolute atomic E-state index is 0.264. The Labute approximate surface area is 154 Å². The van der Waals surface area contributed by atoms with Crippen LogP contribution in [0, 0.1) is 17.6 Å². The van der Waals surface area contributed by atoms with E-state index in [1.54, 1.807) is 0 Å². The molecule has 1 N–H and O–H groups in total. The van der Waals surface area contributed by atoms with Crippen LogP contribution in [0.1, 0.15) is 32.6 Å². The summed E-state index contributed by atoms with van der Waals surface area (Å²) >= 11 is 3.27. The number of rotatable bonds is 6. The fourth-order valence-corrected chi connectivity index (χ4v) is 4.58. The first-order valence-electron chi connectivity index (χ1n) is 8.69. The number of hydrogen-bond acceptors (Lipinski definition) is 3. The SMILES string of the molecule is CCN(C[C@@H]1CCN(c2cc(F)c(S(=O)O)c(F)c2Cl)C1)C1CCC1. The van der Waals surface area contributed by atoms with Crippen LogP contribution in [0.4, 0.5) is 14.5 Å². The highest BCUT2D eigenvalue weighted by molar-refractivity contribution is 7.79. The summed E-state index contributed by atoms with van der Waals surface area (Å²) in [5.41, 5.74) is 0.264. The molecule has 0 amide bonds. The summed E-state index contributed by atoms with van der Waals surface area (Å²) in [4.78, 5) is 3.49. The minimum Gasteiger partial charge on any atom is -0.370 e. The summed E-state index contributed by atoms with van der Waals surface area (Å²) in [7, 11) is 0. The van der Waals surface area contributed by atoms with Gasteiger partial charge in [-0.1, -0.05) is 24.9 Å². The monoisotopic (exact) mass is 392 g/mol. The van der Waals surface area contributed by atoms with E-state index in [2.05, 4.69) is 11.8 Å². The Kier molecular flexibility index (Phi) is 5.98. The topological polar surface area (TPSA) is 43.8 Å². The Morgan fingerprint density at radius 3 is 2.68 bits per heavy atom. The first-order chi connectivity index (χ1) is 11.9. The maximum absolute atomic E-state index is 14.2. The Morgan fingerprint density at radius 1 is 1.40 bits per heavy atom. The van der Waals surface area contributed by atoms with E-state index in [0.717, 1.165) is 25.6 Å². The lowest BCUT2D eigenvalue weighted by atomic mass is 9.90. The maximum Gasteiger partial charge on any atom is 0.192 e. The van der Waals surface area contributed by atoms with E-state index in [9.17, 15) is 13.0 Å². The van der Waals surface area contributed by atoms with Crippen molar-refractivity contribution >= 4 is 28.4 Å². The Hall–Kier alpha value is -0.760. The molecule has 1 unspecified atom stereocenters. The van der Waals surface area contributed by atoms with Crippen molar-refractivity contribution < 1.29 is 17.5 Å². The van der Waals surface area contributed by atoms with E-state index in [0.29, 0.717) is 25.0 Å². The molecule has 1 saturated carbocycles. The lowest BCUT2D eigenvalue weighted by Crippen LogP contribution is -2.43. The van der Waals surface area contributed by atoms with Gasteiger partial charge in [-0.3, -0.25) is 0 Å². The molecule has 4 nitrogen and oxygen atoms in total. The summed E-state index contributed by atoms with van der Waals surface area (Å²) in [6, 6.07) is 1.75. The standard InChI is InChI=1S/C17H23ClF2N2O2S/c1-2-21(12-4-3-5-12)9-11-6-7-22(10-11)14-8-13(19)17(25(23)24)16(20)15(14)18/h8,11-12H,2-7,9-10H2,1H3,(H,23,24)/t11-/m0/s1. The van der Waals surface area contributed by atoms with E-state index in [1.165, 1.54) is 19.3 Å². The van der Waals surface area contributed by atoms with Crippen molar-refractivity contribution in [1.29, 1.82) is 0 Å². The highest BCUT2D eigenvalue weighted by Gasteiger charge is 2.31. The first-order valence-corrected chi connectivity index (χ1v) is 10.2. The van der Waals surface area contributed by atoms with E-state index >= 15 is 0 Å². The van der Waals surface area contributed by atoms with Crippen molar-refractivity contribution in [3.05, 3.63) is 22.7 Å². The van der Waals surface area contributed by atoms with Gasteiger partial charge in [0, 0.05) is 31.7 Å². The van der Waals surface area contributed by atoms with Gasteiger partial charge in [0.25, 0.3) is 0 Å². The van der Waals surface area contributed by atoms with Crippen LogP contribution in [0.3, 0.4) is 0 Å². The molecule has 8 heteroatoms. The Balaban J connectivity index is 1.72. The molecule has 0 aromatic heterocycles. The molecule has 0 spiro atoms. The van der Waals surface area contributed by atoms with Gasteiger partial charge in [-0.25, -0.2) is 13.0 Å². The van der Waals surface area contributed by atoms with Crippen molar-refractivity contribution in [2.45, 2.75) is 43.5 Å². The normalized spacial score (nSPS) is 22.5. The molecule has 1 heterocycles. The van der Waals surface area contributed by atoms with Gasteiger partial charge in [-0.05, 0) is 31.7 Å². The predicted molar refractivity (Wildman–Crippen MR) is 95.6 cm³/mol. The molecular weight excluding hydrogens is 370 g/mol. The molecule has 2 fully saturated rings. The molecule has 0 radical (unpaired) electrons. The van der Waals surface area contributed by atoms with Crippen molar-refractivity contribution in [1.82, 2.24) is 4.90 Å². The molecule has 1 aromatic rings. The van der Waals surface area contributed by atoms with Crippen molar-refractivity contribution in [2.24, 2.45) is 5.92 Å². The van der Waals surface area contributed by atoms with Crippen molar-refractivity contribution in [3.63, 3.8) is 0 Å². The largest absolute Gasteiger partial charge is 0.370 e. The molecule has 1 aromatic carbocycles. The van der Waals surface area contributed by atoms with Crippen LogP contribution in [0.15, 0.2) is 11.0 Å². The number of benzene rings is 1. The highest BCUT2D eigenvalue weighted by Crippen LogP contribution is 2.36. The fraction of sp³-hybridized carbons (Fsp3) is 0.647. The van der Waals surface area contributed by atoms with Crippen molar-refractivity contribution in [3.8, 4) is 0 Å². The lowest BCUT2D eigenvalue weighted by molar-refractivity contribution is 0.117. The van der Waals surface area contributed by atoms with E-state index in [1.807, 2.05) is 4.90 Å². The van der Waals surface area contributed by atoms with Gasteiger partial charge in [0.05, 0.1) is 5.69 Å². The van der Waals surface area contributed by atoms with Crippen LogP contribution in [0.2, 0.25) is 5.02 Å². The molecule has 1 aliphatic carbocycles. The summed E-state index contributed by atoms with van der Waals surface area (Å²) < 4.78 is 48.3. The minimum atomic E-state index is -2.75. The Bertz CT molecular complexity index is 673. The van der Waals surface area contributed by atoms with Gasteiger partial charge in [0.15, 0.2) is 16.9 Å². The highest BCUT2D eigenvalue weighted by atomic mass is 35.5. The molecule has 1 aliphatic heterocycles. The van der Waals surface area contributed by atoms with Crippen LogP contribution in [-0.2, 0) is 11.1 Å². The van der Waals surface area contributed by atoms with E-state index in [4.69, 9.17) is 16.2 Å². The molecule has 2 aliphatic rings. The number of halogens is 3. The average Bonchev–Trinajstić information content (AvgIpc) is 2.96. The van der Waals surface area contributed by atoms with E-state index < -0.39 is 27.6 Å². The molecule has 140 valence electrons. The van der Waals surface area contributed by atoms with Gasteiger partial charge in [0.1, 0.15) is 15.7 Å². The first kappa shape index (κ1) is 19.0. The van der Waals surface area contributed by atoms with Gasteiger partial charge in [-0.2, -0.15) is 0 Å². The van der Waals surface area contributed by atoms with E-state index in [-0.39, 0.29) is 10.7 Å². The summed E-state index contributed by atoms with van der Waals surface area (Å²) in [6.45, 7) is 5.53. The molecule has 1 saturated heterocycles. The summed E-state index contributed by atoms with van der Waals surface area (Å²) in [5, 5.41) is -0.286. The zero-order chi connectivity index (χ0) is 18.1.